The lowest BCUT2D eigenvalue weighted by Crippen LogP contribution is -2.36. The topological polar surface area (TPSA) is 56.9 Å². The van der Waals surface area contributed by atoms with Crippen molar-refractivity contribution in [1.29, 1.82) is 0 Å². The first-order valence-corrected chi connectivity index (χ1v) is 8.58. The molecule has 0 radical (unpaired) electrons. The molecule has 1 heterocycles. The van der Waals surface area contributed by atoms with Gasteiger partial charge in [-0.3, -0.25) is 4.79 Å². The lowest BCUT2D eigenvalue weighted by molar-refractivity contribution is -0.594. The number of hydrogen-bond acceptors (Lipinski definition) is 3. The van der Waals surface area contributed by atoms with Gasteiger partial charge in [-0.2, -0.15) is 4.73 Å². The Balaban J connectivity index is 2.09. The summed E-state index contributed by atoms with van der Waals surface area (Å²) in [5.41, 5.74) is 3.53. The molecule has 0 N–H and O–H groups in total. The molecule has 0 amide bonds. The van der Waals surface area contributed by atoms with Gasteiger partial charge in [-0.05, 0) is 12.1 Å². The van der Waals surface area contributed by atoms with Crippen molar-refractivity contribution in [3.05, 3.63) is 102 Å². The Hall–Kier alpha value is -3.79. The van der Waals surface area contributed by atoms with E-state index in [4.69, 9.17) is 4.98 Å². The molecular weight excluding hydrogens is 336 g/mol. The quantitative estimate of drug-likeness (QED) is 0.308. The van der Waals surface area contributed by atoms with E-state index in [1.54, 1.807) is 0 Å². The zero-order valence-corrected chi connectivity index (χ0v) is 14.4. The highest BCUT2D eigenvalue weighted by Crippen LogP contribution is 2.31. The molecule has 0 saturated carbocycles. The summed E-state index contributed by atoms with van der Waals surface area (Å²) >= 11 is 0. The number of benzene rings is 3. The van der Waals surface area contributed by atoms with Crippen molar-refractivity contribution in [3.8, 4) is 33.8 Å². The van der Waals surface area contributed by atoms with Crippen molar-refractivity contribution in [2.45, 2.75) is 0 Å². The van der Waals surface area contributed by atoms with Gasteiger partial charge in [-0.15, -0.1) is 0 Å². The highest BCUT2D eigenvalue weighted by Gasteiger charge is 2.26. The fraction of sp³-hybridized carbons (Fsp3) is 0. The van der Waals surface area contributed by atoms with Crippen LogP contribution in [0.2, 0.25) is 0 Å². The van der Waals surface area contributed by atoms with E-state index >= 15 is 0 Å². The summed E-state index contributed by atoms with van der Waals surface area (Å²) < 4.78 is 0.694. The minimum absolute atomic E-state index is 0.000246. The molecule has 0 aliphatic heterocycles. The van der Waals surface area contributed by atoms with E-state index in [9.17, 15) is 10.0 Å². The molecule has 4 rings (SSSR count). The first-order valence-electron chi connectivity index (χ1n) is 8.58. The molecule has 0 saturated heterocycles. The van der Waals surface area contributed by atoms with Crippen LogP contribution in [0.15, 0.2) is 91.0 Å². The zero-order valence-electron chi connectivity index (χ0n) is 14.4. The lowest BCUT2D eigenvalue weighted by Gasteiger charge is -2.14. The number of carbonyl (C=O) groups is 1. The molecule has 27 heavy (non-hydrogen) atoms. The second-order valence-corrected chi connectivity index (χ2v) is 6.05. The number of aldehydes is 1. The van der Waals surface area contributed by atoms with E-state index < -0.39 is 0 Å². The maximum absolute atomic E-state index is 13.2. The van der Waals surface area contributed by atoms with Crippen LogP contribution < -0.4 is 4.73 Å². The van der Waals surface area contributed by atoms with Gasteiger partial charge in [0.15, 0.2) is 0 Å². The second kappa shape index (κ2) is 7.22. The number of rotatable bonds is 4. The SMILES string of the molecule is O=Cc1c(-c2ccccc2)nc(-c2ccccc2)c(-c2ccccc2)[n+]1[O-]. The van der Waals surface area contributed by atoms with Crippen LogP contribution in [-0.4, -0.2) is 11.3 Å². The van der Waals surface area contributed by atoms with Crippen LogP contribution in [0.5, 0.6) is 0 Å². The molecule has 130 valence electrons. The Kier molecular flexibility index (Phi) is 4.45. The number of nitrogens with zero attached hydrogens (tertiary/aromatic N) is 2. The molecule has 0 fully saturated rings. The van der Waals surface area contributed by atoms with E-state index in [-0.39, 0.29) is 5.69 Å². The van der Waals surface area contributed by atoms with Crippen molar-refractivity contribution in [1.82, 2.24) is 4.98 Å². The van der Waals surface area contributed by atoms with Crippen molar-refractivity contribution in [2.75, 3.05) is 0 Å². The molecule has 0 unspecified atom stereocenters. The highest BCUT2D eigenvalue weighted by atomic mass is 16.5. The van der Waals surface area contributed by atoms with Gasteiger partial charge in [0, 0.05) is 16.7 Å². The fourth-order valence-corrected chi connectivity index (χ4v) is 3.09. The summed E-state index contributed by atoms with van der Waals surface area (Å²) in [6.07, 6.45) is 0.573. The van der Waals surface area contributed by atoms with Crippen molar-refractivity contribution in [2.24, 2.45) is 0 Å². The van der Waals surface area contributed by atoms with E-state index in [0.29, 0.717) is 33.7 Å². The van der Waals surface area contributed by atoms with E-state index in [0.717, 1.165) is 11.1 Å². The van der Waals surface area contributed by atoms with Crippen LogP contribution >= 0.6 is 0 Å². The van der Waals surface area contributed by atoms with Gasteiger partial charge in [0.25, 0.3) is 11.4 Å². The van der Waals surface area contributed by atoms with Crippen LogP contribution in [-0.2, 0) is 0 Å². The van der Waals surface area contributed by atoms with Gasteiger partial charge < -0.3 is 5.21 Å². The predicted octanol–water partition coefficient (Wildman–Crippen LogP) is 4.53. The van der Waals surface area contributed by atoms with Crippen molar-refractivity contribution < 1.29 is 9.52 Å². The third-order valence-corrected chi connectivity index (χ3v) is 4.37. The minimum Gasteiger partial charge on any atom is -0.618 e. The summed E-state index contributed by atoms with van der Waals surface area (Å²) in [5.74, 6) is 0. The number of carbonyl (C=O) groups excluding carboxylic acids is 1. The van der Waals surface area contributed by atoms with E-state index in [2.05, 4.69) is 0 Å². The van der Waals surface area contributed by atoms with Crippen LogP contribution in [0.3, 0.4) is 0 Å². The number of hydrogen-bond donors (Lipinski definition) is 0. The summed E-state index contributed by atoms with van der Waals surface area (Å²) in [4.78, 5) is 16.6. The summed E-state index contributed by atoms with van der Waals surface area (Å²) in [6, 6.07) is 28.1. The highest BCUT2D eigenvalue weighted by molar-refractivity contribution is 5.85. The Morgan fingerprint density at radius 2 is 1.11 bits per heavy atom. The van der Waals surface area contributed by atoms with Crippen LogP contribution in [0.1, 0.15) is 10.5 Å². The molecule has 0 atom stereocenters. The molecule has 0 aliphatic rings. The van der Waals surface area contributed by atoms with Crippen LogP contribution in [0, 0.1) is 5.21 Å². The van der Waals surface area contributed by atoms with Crippen molar-refractivity contribution >= 4 is 6.29 Å². The molecule has 1 aromatic heterocycles. The Bertz CT molecular complexity index is 1080. The van der Waals surface area contributed by atoms with Crippen molar-refractivity contribution in [3.63, 3.8) is 0 Å². The average Bonchev–Trinajstić information content (AvgIpc) is 2.75. The Morgan fingerprint density at radius 1 is 0.667 bits per heavy atom. The third-order valence-electron chi connectivity index (χ3n) is 4.37. The molecule has 4 nitrogen and oxygen atoms in total. The Labute approximate surface area is 157 Å². The summed E-state index contributed by atoms with van der Waals surface area (Å²) in [5, 5.41) is 13.2. The van der Waals surface area contributed by atoms with Gasteiger partial charge in [0.2, 0.25) is 6.29 Å². The van der Waals surface area contributed by atoms with Gasteiger partial charge >= 0.3 is 0 Å². The largest absolute Gasteiger partial charge is 0.618 e. The van der Waals surface area contributed by atoms with Gasteiger partial charge in [0.05, 0.1) is 0 Å². The minimum atomic E-state index is -0.000246. The smallest absolute Gasteiger partial charge is 0.283 e. The summed E-state index contributed by atoms with van der Waals surface area (Å²) in [7, 11) is 0. The fourth-order valence-electron chi connectivity index (χ4n) is 3.09. The van der Waals surface area contributed by atoms with Gasteiger partial charge in [-0.25, -0.2) is 4.98 Å². The van der Waals surface area contributed by atoms with Crippen LogP contribution in [0.25, 0.3) is 33.8 Å². The average molecular weight is 352 g/mol. The molecule has 4 aromatic rings. The van der Waals surface area contributed by atoms with Gasteiger partial charge in [-0.1, -0.05) is 78.9 Å². The molecule has 0 aliphatic carbocycles. The molecular formula is C23H16N2O2. The van der Waals surface area contributed by atoms with Gasteiger partial charge in [0.1, 0.15) is 11.4 Å². The predicted molar refractivity (Wildman–Crippen MR) is 105 cm³/mol. The first-order chi connectivity index (χ1) is 13.3. The summed E-state index contributed by atoms with van der Waals surface area (Å²) in [6.45, 7) is 0. The van der Waals surface area contributed by atoms with E-state index in [1.165, 1.54) is 0 Å². The molecule has 3 aromatic carbocycles. The van der Waals surface area contributed by atoms with E-state index in [1.807, 2.05) is 91.0 Å². The Morgan fingerprint density at radius 3 is 1.59 bits per heavy atom. The standard InChI is InChI=1S/C23H16N2O2/c26-16-20-21(17-10-4-1-5-11-17)24-22(18-12-6-2-7-13-18)23(25(20)27)19-14-8-3-9-15-19/h1-16H. The second-order valence-electron chi connectivity index (χ2n) is 6.05. The maximum atomic E-state index is 13.2. The first kappa shape index (κ1) is 16.7. The third kappa shape index (κ3) is 3.09. The molecule has 0 spiro atoms. The molecule has 0 bridgehead atoms. The number of aromatic nitrogens is 2. The lowest BCUT2D eigenvalue weighted by atomic mass is 10.0. The molecule has 4 heteroatoms. The van der Waals surface area contributed by atoms with Crippen LogP contribution in [0.4, 0.5) is 0 Å². The zero-order chi connectivity index (χ0) is 18.6. The maximum Gasteiger partial charge on any atom is 0.283 e. The monoisotopic (exact) mass is 352 g/mol. The normalized spacial score (nSPS) is 10.5.